The van der Waals surface area contributed by atoms with Gasteiger partial charge in [0.1, 0.15) is 5.82 Å². The fourth-order valence-electron chi connectivity index (χ4n) is 1.99. The van der Waals surface area contributed by atoms with Gasteiger partial charge >= 0.3 is 0 Å². The molecule has 1 fully saturated rings. The van der Waals surface area contributed by atoms with Gasteiger partial charge in [0.2, 0.25) is 0 Å². The molecule has 0 atom stereocenters. The summed E-state index contributed by atoms with van der Waals surface area (Å²) in [6, 6.07) is 4.38. The lowest BCUT2D eigenvalue weighted by atomic mass is 10.3. The van der Waals surface area contributed by atoms with Gasteiger partial charge in [-0.3, -0.25) is 0 Å². The fourth-order valence-corrected chi connectivity index (χ4v) is 2.17. The van der Waals surface area contributed by atoms with Crippen molar-refractivity contribution in [2.45, 2.75) is 12.8 Å². The van der Waals surface area contributed by atoms with Crippen molar-refractivity contribution in [2.75, 3.05) is 31.5 Å². The predicted octanol–water partition coefficient (Wildman–Crippen LogP) is 2.99. The first kappa shape index (κ1) is 11.7. The van der Waals surface area contributed by atoms with Gasteiger partial charge in [0, 0.05) is 13.1 Å². The zero-order valence-corrected chi connectivity index (χ0v) is 9.93. The molecule has 0 amide bonds. The molecule has 4 heteroatoms. The number of anilines is 1. The van der Waals surface area contributed by atoms with E-state index < -0.39 is 0 Å². The highest BCUT2D eigenvalue weighted by Gasteiger charge is 2.10. The van der Waals surface area contributed by atoms with Gasteiger partial charge in [-0.15, -0.1) is 0 Å². The Bertz CT molecular complexity index is 351. The average molecular weight is 243 g/mol. The maximum absolute atomic E-state index is 13.0. The summed E-state index contributed by atoms with van der Waals surface area (Å²) >= 11 is 5.95. The van der Waals surface area contributed by atoms with E-state index in [4.69, 9.17) is 11.6 Å². The standard InChI is InChI=1S/C12H16ClFN2/c13-11-4-3-10(14)9-12(11)15-5-8-16-6-1-2-7-16/h3-4,9,15H,1-2,5-8H2. The molecule has 1 aliphatic heterocycles. The first-order valence-corrected chi connectivity index (χ1v) is 6.05. The summed E-state index contributed by atoms with van der Waals surface area (Å²) < 4.78 is 13.0. The summed E-state index contributed by atoms with van der Waals surface area (Å²) in [6.07, 6.45) is 2.58. The molecule has 1 aromatic rings. The molecule has 0 unspecified atom stereocenters. The minimum atomic E-state index is -0.256. The Balaban J connectivity index is 1.82. The Kier molecular flexibility index (Phi) is 4.02. The molecule has 16 heavy (non-hydrogen) atoms. The van der Waals surface area contributed by atoms with Gasteiger partial charge in [0.15, 0.2) is 0 Å². The van der Waals surface area contributed by atoms with Crippen molar-refractivity contribution in [3.8, 4) is 0 Å². The maximum Gasteiger partial charge on any atom is 0.125 e. The van der Waals surface area contributed by atoms with Crippen LogP contribution in [-0.4, -0.2) is 31.1 Å². The molecule has 0 bridgehead atoms. The van der Waals surface area contributed by atoms with Crippen molar-refractivity contribution in [1.29, 1.82) is 0 Å². The first-order chi connectivity index (χ1) is 7.75. The van der Waals surface area contributed by atoms with Crippen LogP contribution in [0.2, 0.25) is 5.02 Å². The Hall–Kier alpha value is -0.800. The van der Waals surface area contributed by atoms with Crippen LogP contribution in [0.25, 0.3) is 0 Å². The zero-order chi connectivity index (χ0) is 11.4. The highest BCUT2D eigenvalue weighted by molar-refractivity contribution is 6.33. The molecule has 1 N–H and O–H groups in total. The molecular weight excluding hydrogens is 227 g/mol. The normalized spacial score (nSPS) is 16.6. The summed E-state index contributed by atoms with van der Waals surface area (Å²) in [5.74, 6) is -0.256. The van der Waals surface area contributed by atoms with Gasteiger partial charge in [-0.25, -0.2) is 4.39 Å². The van der Waals surface area contributed by atoms with Crippen LogP contribution < -0.4 is 5.32 Å². The lowest BCUT2D eigenvalue weighted by Crippen LogP contribution is -2.26. The molecule has 2 nitrogen and oxygen atoms in total. The smallest absolute Gasteiger partial charge is 0.125 e. The SMILES string of the molecule is Fc1ccc(Cl)c(NCCN2CCCC2)c1. The fraction of sp³-hybridized carbons (Fsp3) is 0.500. The van der Waals surface area contributed by atoms with Crippen LogP contribution in [0.4, 0.5) is 10.1 Å². The second kappa shape index (κ2) is 5.51. The van der Waals surface area contributed by atoms with E-state index in [1.807, 2.05) is 0 Å². The highest BCUT2D eigenvalue weighted by atomic mass is 35.5. The Morgan fingerprint density at radius 3 is 2.81 bits per heavy atom. The topological polar surface area (TPSA) is 15.3 Å². The van der Waals surface area contributed by atoms with Gasteiger partial charge in [0.25, 0.3) is 0 Å². The minimum absolute atomic E-state index is 0.256. The number of likely N-dealkylation sites (tertiary alicyclic amines) is 1. The summed E-state index contributed by atoms with van der Waals surface area (Å²) in [7, 11) is 0. The van der Waals surface area contributed by atoms with Crippen LogP contribution in [0, 0.1) is 5.82 Å². The monoisotopic (exact) mass is 242 g/mol. The summed E-state index contributed by atoms with van der Waals surface area (Å²) in [5.41, 5.74) is 0.681. The van der Waals surface area contributed by atoms with E-state index in [-0.39, 0.29) is 5.82 Å². The van der Waals surface area contributed by atoms with Crippen LogP contribution in [0.3, 0.4) is 0 Å². The van der Waals surface area contributed by atoms with Crippen LogP contribution >= 0.6 is 11.6 Å². The quantitative estimate of drug-likeness (QED) is 0.873. The van der Waals surface area contributed by atoms with Gasteiger partial charge in [0.05, 0.1) is 10.7 Å². The number of nitrogens with one attached hydrogen (secondary N) is 1. The van der Waals surface area contributed by atoms with Gasteiger partial charge in [-0.1, -0.05) is 11.6 Å². The molecule has 1 aliphatic rings. The van der Waals surface area contributed by atoms with E-state index in [9.17, 15) is 4.39 Å². The number of halogens is 2. The summed E-state index contributed by atoms with van der Waals surface area (Å²) in [4.78, 5) is 2.40. The Labute approximate surface area is 100 Å². The zero-order valence-electron chi connectivity index (χ0n) is 9.18. The summed E-state index contributed by atoms with van der Waals surface area (Å²) in [5, 5.41) is 3.74. The first-order valence-electron chi connectivity index (χ1n) is 5.67. The minimum Gasteiger partial charge on any atom is -0.382 e. The van der Waals surface area contributed by atoms with Crippen molar-refractivity contribution in [3.05, 3.63) is 29.0 Å². The van der Waals surface area contributed by atoms with Gasteiger partial charge in [-0.05, 0) is 44.1 Å². The lowest BCUT2D eigenvalue weighted by molar-refractivity contribution is 0.352. The van der Waals surface area contributed by atoms with E-state index in [1.54, 1.807) is 6.07 Å². The van der Waals surface area contributed by atoms with Crippen molar-refractivity contribution in [3.63, 3.8) is 0 Å². The van der Waals surface area contributed by atoms with Gasteiger partial charge < -0.3 is 10.2 Å². The molecular formula is C12H16ClFN2. The van der Waals surface area contributed by atoms with E-state index in [0.717, 1.165) is 13.1 Å². The Morgan fingerprint density at radius 1 is 1.31 bits per heavy atom. The van der Waals surface area contributed by atoms with Gasteiger partial charge in [-0.2, -0.15) is 0 Å². The molecule has 0 saturated carbocycles. The molecule has 1 saturated heterocycles. The number of nitrogens with zero attached hydrogens (tertiary/aromatic N) is 1. The lowest BCUT2D eigenvalue weighted by Gasteiger charge is -2.15. The second-order valence-corrected chi connectivity index (χ2v) is 4.51. The third-order valence-corrected chi connectivity index (χ3v) is 3.20. The number of rotatable bonds is 4. The molecule has 1 aromatic carbocycles. The van der Waals surface area contributed by atoms with E-state index in [0.29, 0.717) is 10.7 Å². The van der Waals surface area contributed by atoms with Crippen molar-refractivity contribution in [1.82, 2.24) is 4.90 Å². The van der Waals surface area contributed by atoms with Crippen molar-refractivity contribution < 1.29 is 4.39 Å². The van der Waals surface area contributed by atoms with Crippen LogP contribution in [0.5, 0.6) is 0 Å². The second-order valence-electron chi connectivity index (χ2n) is 4.10. The highest BCUT2D eigenvalue weighted by Crippen LogP contribution is 2.22. The predicted molar refractivity (Wildman–Crippen MR) is 65.6 cm³/mol. The van der Waals surface area contributed by atoms with Crippen LogP contribution in [0.15, 0.2) is 18.2 Å². The van der Waals surface area contributed by atoms with Crippen LogP contribution in [-0.2, 0) is 0 Å². The molecule has 0 aromatic heterocycles. The van der Waals surface area contributed by atoms with E-state index >= 15 is 0 Å². The Morgan fingerprint density at radius 2 is 2.06 bits per heavy atom. The number of hydrogen-bond donors (Lipinski definition) is 1. The molecule has 2 rings (SSSR count). The van der Waals surface area contributed by atoms with E-state index in [1.165, 1.54) is 38.1 Å². The molecule has 0 spiro atoms. The summed E-state index contributed by atoms with van der Waals surface area (Å²) in [6.45, 7) is 4.16. The third-order valence-electron chi connectivity index (χ3n) is 2.87. The average Bonchev–Trinajstić information content (AvgIpc) is 2.76. The largest absolute Gasteiger partial charge is 0.382 e. The third kappa shape index (κ3) is 3.09. The molecule has 1 heterocycles. The van der Waals surface area contributed by atoms with Crippen molar-refractivity contribution in [2.24, 2.45) is 0 Å². The molecule has 0 radical (unpaired) electrons. The number of benzene rings is 1. The molecule has 88 valence electrons. The van der Waals surface area contributed by atoms with Crippen molar-refractivity contribution >= 4 is 17.3 Å². The van der Waals surface area contributed by atoms with E-state index in [2.05, 4.69) is 10.2 Å². The maximum atomic E-state index is 13.0. The number of hydrogen-bond acceptors (Lipinski definition) is 2. The van der Waals surface area contributed by atoms with Crippen LogP contribution in [0.1, 0.15) is 12.8 Å². The molecule has 0 aliphatic carbocycles.